The third kappa shape index (κ3) is 6.89. The van der Waals surface area contributed by atoms with Crippen molar-refractivity contribution in [3.05, 3.63) is 64.4 Å². The first-order chi connectivity index (χ1) is 12.6. The molecule has 2 aromatic carbocycles. The Labute approximate surface area is 163 Å². The van der Waals surface area contributed by atoms with E-state index >= 15 is 0 Å². The van der Waals surface area contributed by atoms with Gasteiger partial charge in [-0.05, 0) is 36.2 Å². The third-order valence-corrected chi connectivity index (χ3v) is 5.01. The lowest BCUT2D eigenvalue weighted by Gasteiger charge is -2.09. The number of amides is 1. The van der Waals surface area contributed by atoms with E-state index in [1.54, 1.807) is 12.1 Å². The summed E-state index contributed by atoms with van der Waals surface area (Å²) in [7, 11) is 0. The number of halogens is 2. The number of hydrogen-bond donors (Lipinski definition) is 1. The van der Waals surface area contributed by atoms with Gasteiger partial charge < -0.3 is 10.1 Å². The second-order valence-electron chi connectivity index (χ2n) is 5.79. The van der Waals surface area contributed by atoms with Crippen molar-refractivity contribution in [3.8, 4) is 5.75 Å². The maximum atomic E-state index is 13.6. The van der Waals surface area contributed by atoms with Gasteiger partial charge in [-0.15, -0.1) is 11.8 Å². The Balaban J connectivity index is 1.61. The zero-order valence-electron chi connectivity index (χ0n) is 14.8. The van der Waals surface area contributed by atoms with Crippen LogP contribution in [0.1, 0.15) is 24.5 Å². The van der Waals surface area contributed by atoms with E-state index in [1.807, 2.05) is 12.1 Å². The molecule has 0 saturated heterocycles. The number of hydrogen-bond acceptors (Lipinski definition) is 3. The molecule has 1 amide bonds. The van der Waals surface area contributed by atoms with Crippen molar-refractivity contribution in [1.29, 1.82) is 0 Å². The van der Waals surface area contributed by atoms with Gasteiger partial charge in [-0.1, -0.05) is 43.1 Å². The van der Waals surface area contributed by atoms with Gasteiger partial charge in [0.1, 0.15) is 18.2 Å². The largest absolute Gasteiger partial charge is 0.492 e. The first kappa shape index (κ1) is 20.6. The summed E-state index contributed by atoms with van der Waals surface area (Å²) in [6, 6.07) is 12.6. The topological polar surface area (TPSA) is 38.3 Å². The summed E-state index contributed by atoms with van der Waals surface area (Å²) in [5, 5.41) is 3.17. The lowest BCUT2D eigenvalue weighted by atomic mass is 10.1. The summed E-state index contributed by atoms with van der Waals surface area (Å²) in [6.45, 7) is 2.98. The summed E-state index contributed by atoms with van der Waals surface area (Å²) < 4.78 is 19.2. The molecule has 1 N–H and O–H groups in total. The highest BCUT2D eigenvalue weighted by Crippen LogP contribution is 2.23. The molecular weight excluding hydrogens is 373 g/mol. The van der Waals surface area contributed by atoms with E-state index in [9.17, 15) is 9.18 Å². The van der Waals surface area contributed by atoms with Gasteiger partial charge in [-0.3, -0.25) is 4.79 Å². The molecule has 6 heteroatoms. The monoisotopic (exact) mass is 395 g/mol. The van der Waals surface area contributed by atoms with E-state index < -0.39 is 0 Å². The van der Waals surface area contributed by atoms with E-state index in [0.29, 0.717) is 29.5 Å². The average Bonchev–Trinajstić information content (AvgIpc) is 2.63. The summed E-state index contributed by atoms with van der Waals surface area (Å²) in [6.07, 6.45) is 2.18. The summed E-state index contributed by atoms with van der Waals surface area (Å²) in [5.41, 5.74) is 1.72. The fourth-order valence-corrected chi connectivity index (χ4v) is 3.56. The number of rotatable bonds is 10. The van der Waals surface area contributed by atoms with Crippen molar-refractivity contribution in [2.45, 2.75) is 25.5 Å². The molecule has 3 nitrogen and oxygen atoms in total. The predicted octanol–water partition coefficient (Wildman–Crippen LogP) is 4.86. The van der Waals surface area contributed by atoms with Crippen molar-refractivity contribution >= 4 is 29.3 Å². The van der Waals surface area contributed by atoms with E-state index in [0.717, 1.165) is 18.6 Å². The quantitative estimate of drug-likeness (QED) is 0.584. The van der Waals surface area contributed by atoms with Crippen LogP contribution in [0.4, 0.5) is 4.39 Å². The van der Waals surface area contributed by atoms with Crippen LogP contribution in [0.25, 0.3) is 0 Å². The summed E-state index contributed by atoms with van der Waals surface area (Å²) in [5.74, 6) is 0.950. The van der Waals surface area contributed by atoms with Crippen LogP contribution >= 0.6 is 23.4 Å². The van der Waals surface area contributed by atoms with Gasteiger partial charge in [-0.2, -0.15) is 0 Å². The minimum atomic E-state index is -0.344. The smallest absolute Gasteiger partial charge is 0.230 e. The fraction of sp³-hybridized carbons (Fsp3) is 0.350. The van der Waals surface area contributed by atoms with Crippen LogP contribution in [0, 0.1) is 5.82 Å². The average molecular weight is 396 g/mol. The minimum Gasteiger partial charge on any atom is -0.492 e. The highest BCUT2D eigenvalue weighted by Gasteiger charge is 2.08. The Kier molecular flexibility index (Phi) is 8.78. The van der Waals surface area contributed by atoms with Crippen LogP contribution in [-0.2, 0) is 17.0 Å². The van der Waals surface area contributed by atoms with E-state index in [2.05, 4.69) is 24.4 Å². The van der Waals surface area contributed by atoms with Gasteiger partial charge in [0.25, 0.3) is 0 Å². The molecule has 0 radical (unpaired) electrons. The van der Waals surface area contributed by atoms with Crippen LogP contribution in [0.3, 0.4) is 0 Å². The Morgan fingerprint density at radius 1 is 1.23 bits per heavy atom. The Morgan fingerprint density at radius 2 is 2.00 bits per heavy atom. The number of thioether (sulfide) groups is 1. The summed E-state index contributed by atoms with van der Waals surface area (Å²) in [4.78, 5) is 11.8. The lowest BCUT2D eigenvalue weighted by Crippen LogP contribution is -2.29. The van der Waals surface area contributed by atoms with Gasteiger partial charge in [0.05, 0.1) is 12.3 Å². The zero-order valence-corrected chi connectivity index (χ0v) is 16.3. The van der Waals surface area contributed by atoms with Gasteiger partial charge >= 0.3 is 0 Å². The Hall–Kier alpha value is -1.72. The molecule has 26 heavy (non-hydrogen) atoms. The van der Waals surface area contributed by atoms with Crippen LogP contribution in [0.15, 0.2) is 42.5 Å². The molecule has 0 heterocycles. The van der Waals surface area contributed by atoms with E-state index in [1.165, 1.54) is 23.4 Å². The van der Waals surface area contributed by atoms with Gasteiger partial charge in [-0.25, -0.2) is 4.39 Å². The molecule has 0 aliphatic rings. The van der Waals surface area contributed by atoms with E-state index in [-0.39, 0.29) is 17.5 Å². The molecule has 0 bridgehead atoms. The maximum absolute atomic E-state index is 13.6. The van der Waals surface area contributed by atoms with E-state index in [4.69, 9.17) is 16.3 Å². The predicted molar refractivity (Wildman–Crippen MR) is 107 cm³/mol. The molecule has 0 aromatic heterocycles. The molecule has 0 unspecified atom stereocenters. The van der Waals surface area contributed by atoms with Crippen molar-refractivity contribution in [2.75, 3.05) is 18.9 Å². The van der Waals surface area contributed by atoms with Crippen LogP contribution in [0.2, 0.25) is 5.02 Å². The normalized spacial score (nSPS) is 10.6. The molecule has 2 aromatic rings. The molecule has 0 aliphatic carbocycles. The molecule has 0 fully saturated rings. The van der Waals surface area contributed by atoms with Crippen molar-refractivity contribution in [1.82, 2.24) is 5.32 Å². The Bertz CT molecular complexity index is 689. The molecule has 0 atom stereocenters. The van der Waals surface area contributed by atoms with Crippen LogP contribution < -0.4 is 10.1 Å². The first-order valence-corrected chi connectivity index (χ1v) is 10.1. The van der Waals surface area contributed by atoms with Gasteiger partial charge in [0, 0.05) is 16.3 Å². The second kappa shape index (κ2) is 11.1. The number of aryl methyl sites for hydroxylation is 1. The highest BCUT2D eigenvalue weighted by atomic mass is 35.5. The SMILES string of the molecule is CCCc1ccc(OCCNC(=O)CSCc2c(F)cccc2Cl)cc1. The second-order valence-corrected chi connectivity index (χ2v) is 7.18. The van der Waals surface area contributed by atoms with Gasteiger partial charge in [0.15, 0.2) is 0 Å². The van der Waals surface area contributed by atoms with Crippen molar-refractivity contribution in [2.24, 2.45) is 0 Å². The Morgan fingerprint density at radius 3 is 2.69 bits per heavy atom. The van der Waals surface area contributed by atoms with Crippen LogP contribution in [-0.4, -0.2) is 24.8 Å². The maximum Gasteiger partial charge on any atom is 0.230 e. The molecular formula is C20H23ClFNO2S. The molecule has 0 aliphatic heterocycles. The van der Waals surface area contributed by atoms with Crippen molar-refractivity contribution < 1.29 is 13.9 Å². The molecule has 140 valence electrons. The van der Waals surface area contributed by atoms with Crippen LogP contribution in [0.5, 0.6) is 5.75 Å². The minimum absolute atomic E-state index is 0.107. The van der Waals surface area contributed by atoms with Crippen molar-refractivity contribution in [3.63, 3.8) is 0 Å². The third-order valence-electron chi connectivity index (χ3n) is 3.70. The number of nitrogens with one attached hydrogen (secondary N) is 1. The van der Waals surface area contributed by atoms with Gasteiger partial charge in [0.2, 0.25) is 5.91 Å². The fourth-order valence-electron chi connectivity index (χ4n) is 2.37. The number of carbonyl (C=O) groups excluding carboxylic acids is 1. The summed E-state index contributed by atoms with van der Waals surface area (Å²) >= 11 is 7.29. The number of ether oxygens (including phenoxy) is 1. The highest BCUT2D eigenvalue weighted by molar-refractivity contribution is 7.99. The molecule has 0 spiro atoms. The zero-order chi connectivity index (χ0) is 18.8. The standard InChI is InChI=1S/C20H23ClFNO2S/c1-2-4-15-7-9-16(10-8-15)25-12-11-23-20(24)14-26-13-17-18(21)5-3-6-19(17)22/h3,5-10H,2,4,11-14H2,1H3,(H,23,24). The first-order valence-electron chi connectivity index (χ1n) is 8.59. The number of carbonyl (C=O) groups is 1. The molecule has 0 saturated carbocycles. The lowest BCUT2D eigenvalue weighted by molar-refractivity contribution is -0.118. The molecule has 2 rings (SSSR count). The number of benzene rings is 2.